The summed E-state index contributed by atoms with van der Waals surface area (Å²) in [7, 11) is 0. The fourth-order valence-corrected chi connectivity index (χ4v) is 2.92. The highest BCUT2D eigenvalue weighted by Crippen LogP contribution is 2.30. The first-order chi connectivity index (χ1) is 9.47. The van der Waals surface area contributed by atoms with E-state index in [1.54, 1.807) is 0 Å². The maximum Gasteiger partial charge on any atom is 0.0649 e. The van der Waals surface area contributed by atoms with Crippen LogP contribution < -0.4 is 5.73 Å². The number of hydrogen-bond donors (Lipinski definition) is 1. The average molecular weight is 269 g/mol. The Bertz CT molecular complexity index is 602. The van der Waals surface area contributed by atoms with E-state index in [0.29, 0.717) is 0 Å². The highest BCUT2D eigenvalue weighted by atomic mass is 15.3. The van der Waals surface area contributed by atoms with Crippen molar-refractivity contribution in [3.8, 4) is 5.69 Å². The molecule has 1 aromatic carbocycles. The first kappa shape index (κ1) is 13.4. The predicted octanol–water partition coefficient (Wildman–Crippen LogP) is 3.51. The largest absolute Gasteiger partial charge is 0.324 e. The lowest BCUT2D eigenvalue weighted by atomic mass is 9.87. The van der Waals surface area contributed by atoms with E-state index in [4.69, 9.17) is 5.73 Å². The molecule has 0 spiro atoms. The minimum absolute atomic E-state index is 0.154. The van der Waals surface area contributed by atoms with Crippen molar-refractivity contribution in [2.45, 2.75) is 51.5 Å². The third kappa shape index (κ3) is 2.27. The zero-order chi connectivity index (χ0) is 14.3. The van der Waals surface area contributed by atoms with Crippen LogP contribution in [-0.2, 0) is 11.8 Å². The van der Waals surface area contributed by atoms with Crippen molar-refractivity contribution in [1.29, 1.82) is 0 Å². The Labute approximate surface area is 120 Å². The third-order valence-electron chi connectivity index (χ3n) is 4.21. The molecule has 0 aliphatic heterocycles. The molecule has 1 atom stereocenters. The smallest absolute Gasteiger partial charge is 0.0649 e. The molecular weight excluding hydrogens is 246 g/mol. The lowest BCUT2D eigenvalue weighted by molar-refractivity contribution is 0.557. The molecule has 2 N–H and O–H groups in total. The van der Waals surface area contributed by atoms with Gasteiger partial charge >= 0.3 is 0 Å². The van der Waals surface area contributed by atoms with Crippen LogP contribution in [0.3, 0.4) is 0 Å². The summed E-state index contributed by atoms with van der Waals surface area (Å²) >= 11 is 0. The highest BCUT2D eigenvalue weighted by molar-refractivity contribution is 5.40. The van der Waals surface area contributed by atoms with Gasteiger partial charge in [-0.3, -0.25) is 0 Å². The summed E-state index contributed by atoms with van der Waals surface area (Å²) in [5.41, 5.74) is 11.3. The lowest BCUT2D eigenvalue weighted by Crippen LogP contribution is -2.18. The van der Waals surface area contributed by atoms with E-state index < -0.39 is 0 Å². The van der Waals surface area contributed by atoms with Crippen molar-refractivity contribution in [1.82, 2.24) is 9.78 Å². The number of nitrogens with zero attached hydrogens (tertiary/aromatic N) is 2. The maximum atomic E-state index is 6.17. The molecule has 20 heavy (non-hydrogen) atoms. The van der Waals surface area contributed by atoms with E-state index in [-0.39, 0.29) is 11.5 Å². The lowest BCUT2D eigenvalue weighted by Gasteiger charge is -2.21. The van der Waals surface area contributed by atoms with Gasteiger partial charge in [-0.1, -0.05) is 32.9 Å². The van der Waals surface area contributed by atoms with Gasteiger partial charge in [-0.2, -0.15) is 5.10 Å². The summed E-state index contributed by atoms with van der Waals surface area (Å²) < 4.78 is 2.06. The number of aromatic nitrogens is 2. The number of fused-ring (bicyclic) bond motifs is 1. The van der Waals surface area contributed by atoms with Gasteiger partial charge in [0.25, 0.3) is 0 Å². The van der Waals surface area contributed by atoms with Gasteiger partial charge in [0.15, 0.2) is 0 Å². The second kappa shape index (κ2) is 4.74. The molecular formula is C17H23N3. The van der Waals surface area contributed by atoms with Crippen molar-refractivity contribution >= 4 is 0 Å². The van der Waals surface area contributed by atoms with Crippen LogP contribution in [0.2, 0.25) is 0 Å². The first-order valence-corrected chi connectivity index (χ1v) is 7.40. The second-order valence-corrected chi connectivity index (χ2v) is 6.75. The van der Waals surface area contributed by atoms with E-state index >= 15 is 0 Å². The summed E-state index contributed by atoms with van der Waals surface area (Å²) in [6.07, 6.45) is 5.24. The molecule has 3 nitrogen and oxygen atoms in total. The van der Waals surface area contributed by atoms with Crippen LogP contribution in [0, 0.1) is 0 Å². The van der Waals surface area contributed by atoms with Gasteiger partial charge in [-0.25, -0.2) is 4.68 Å². The van der Waals surface area contributed by atoms with E-state index in [0.717, 1.165) is 24.9 Å². The van der Waals surface area contributed by atoms with Crippen molar-refractivity contribution < 1.29 is 0 Å². The average Bonchev–Trinajstić information content (AvgIpc) is 2.83. The minimum Gasteiger partial charge on any atom is -0.324 e. The fraction of sp³-hybridized carbons (Fsp3) is 0.471. The summed E-state index contributed by atoms with van der Waals surface area (Å²) in [5.74, 6) is 0. The van der Waals surface area contributed by atoms with Crippen LogP contribution in [0.4, 0.5) is 0 Å². The monoisotopic (exact) mass is 269 g/mol. The van der Waals surface area contributed by atoms with Crippen LogP contribution in [0.5, 0.6) is 0 Å². The van der Waals surface area contributed by atoms with Gasteiger partial charge < -0.3 is 5.73 Å². The molecule has 1 unspecified atom stereocenters. The number of rotatable bonds is 1. The molecule has 3 rings (SSSR count). The molecule has 0 saturated heterocycles. The molecule has 1 aliphatic carbocycles. The Morgan fingerprint density at radius 3 is 2.55 bits per heavy atom. The molecule has 106 valence electrons. The molecule has 0 bridgehead atoms. The first-order valence-electron chi connectivity index (χ1n) is 7.40. The Morgan fingerprint density at radius 1 is 1.20 bits per heavy atom. The van der Waals surface area contributed by atoms with Gasteiger partial charge in [0.1, 0.15) is 0 Å². The SMILES string of the molecule is CC(C)(C)c1ccc(-n2ncc3c2CCCC3N)cc1. The molecule has 1 heterocycles. The Hall–Kier alpha value is -1.61. The summed E-state index contributed by atoms with van der Waals surface area (Å²) in [4.78, 5) is 0. The maximum absolute atomic E-state index is 6.17. The number of hydrogen-bond acceptors (Lipinski definition) is 2. The van der Waals surface area contributed by atoms with E-state index in [1.807, 2.05) is 6.20 Å². The zero-order valence-corrected chi connectivity index (χ0v) is 12.6. The van der Waals surface area contributed by atoms with Gasteiger partial charge in [0.05, 0.1) is 11.9 Å². The molecule has 0 fully saturated rings. The van der Waals surface area contributed by atoms with Crippen LogP contribution in [-0.4, -0.2) is 9.78 Å². The van der Waals surface area contributed by atoms with Gasteiger partial charge in [0, 0.05) is 17.3 Å². The molecule has 0 radical (unpaired) electrons. The van der Waals surface area contributed by atoms with Gasteiger partial charge in [0.2, 0.25) is 0 Å². The molecule has 1 aliphatic rings. The summed E-state index contributed by atoms with van der Waals surface area (Å²) in [5, 5.41) is 4.55. The standard InChI is InChI=1S/C17H23N3/c1-17(2,3)12-7-9-13(10-8-12)20-16-6-4-5-15(18)14(16)11-19-20/h7-11,15H,4-6,18H2,1-3H3. The van der Waals surface area contributed by atoms with E-state index in [1.165, 1.54) is 16.8 Å². The third-order valence-corrected chi connectivity index (χ3v) is 4.21. The highest BCUT2D eigenvalue weighted by Gasteiger charge is 2.22. The molecule has 0 amide bonds. The Kier molecular flexibility index (Phi) is 3.17. The van der Waals surface area contributed by atoms with Crippen molar-refractivity contribution in [2.24, 2.45) is 5.73 Å². The Balaban J connectivity index is 1.98. The Morgan fingerprint density at radius 2 is 1.90 bits per heavy atom. The second-order valence-electron chi connectivity index (χ2n) is 6.75. The normalized spacial score (nSPS) is 18.9. The number of benzene rings is 1. The minimum atomic E-state index is 0.154. The van der Waals surface area contributed by atoms with Gasteiger partial charge in [-0.05, 0) is 42.4 Å². The topological polar surface area (TPSA) is 43.8 Å². The summed E-state index contributed by atoms with van der Waals surface area (Å²) in [6, 6.07) is 8.88. The molecule has 1 aromatic heterocycles. The molecule has 2 aromatic rings. The van der Waals surface area contributed by atoms with E-state index in [9.17, 15) is 0 Å². The van der Waals surface area contributed by atoms with Gasteiger partial charge in [-0.15, -0.1) is 0 Å². The molecule has 0 saturated carbocycles. The summed E-state index contributed by atoms with van der Waals surface area (Å²) in [6.45, 7) is 6.70. The quantitative estimate of drug-likeness (QED) is 0.861. The zero-order valence-electron chi connectivity index (χ0n) is 12.6. The van der Waals surface area contributed by atoms with Crippen molar-refractivity contribution in [2.75, 3.05) is 0 Å². The van der Waals surface area contributed by atoms with E-state index in [2.05, 4.69) is 54.8 Å². The number of nitrogens with two attached hydrogens (primary N) is 1. The predicted molar refractivity (Wildman–Crippen MR) is 82.1 cm³/mol. The van der Waals surface area contributed by atoms with Crippen molar-refractivity contribution in [3.05, 3.63) is 47.3 Å². The van der Waals surface area contributed by atoms with Crippen molar-refractivity contribution in [3.63, 3.8) is 0 Å². The van der Waals surface area contributed by atoms with Crippen LogP contribution in [0.15, 0.2) is 30.5 Å². The van der Waals surface area contributed by atoms with Crippen LogP contribution in [0.25, 0.3) is 5.69 Å². The fourth-order valence-electron chi connectivity index (χ4n) is 2.92. The molecule has 3 heteroatoms. The van der Waals surface area contributed by atoms with Crippen LogP contribution in [0.1, 0.15) is 56.5 Å². The van der Waals surface area contributed by atoms with Crippen LogP contribution >= 0.6 is 0 Å².